The zero-order valence-corrected chi connectivity index (χ0v) is 11.3. The monoisotopic (exact) mass is 293 g/mol. The maximum absolute atomic E-state index is 11.4. The lowest BCUT2D eigenvalue weighted by Crippen LogP contribution is -2.18. The molecule has 2 rings (SSSR count). The van der Waals surface area contributed by atoms with E-state index in [0.717, 1.165) is 5.69 Å². The average Bonchev–Trinajstić information content (AvgIpc) is 2.48. The molecule has 0 spiro atoms. The Balaban J connectivity index is 2.36. The maximum atomic E-state index is 11.4. The smallest absolute Gasteiger partial charge is 0.271 e. The fourth-order valence-electron chi connectivity index (χ4n) is 1.64. The van der Waals surface area contributed by atoms with Gasteiger partial charge in [-0.1, -0.05) is 16.8 Å². The maximum Gasteiger partial charge on any atom is 0.271 e. The summed E-state index contributed by atoms with van der Waals surface area (Å²) in [7, 11) is 1.73. The summed E-state index contributed by atoms with van der Waals surface area (Å²) >= 11 is 5.92. The highest BCUT2D eigenvalue weighted by atomic mass is 35.5. The zero-order valence-electron chi connectivity index (χ0n) is 10.5. The third-order valence-corrected chi connectivity index (χ3v) is 3.09. The summed E-state index contributed by atoms with van der Waals surface area (Å²) in [5, 5.41) is 11.5. The van der Waals surface area contributed by atoms with Crippen molar-refractivity contribution in [1.82, 2.24) is 9.97 Å². The molecular formula is C12H12ClN5O2. The molecule has 0 fully saturated rings. The van der Waals surface area contributed by atoms with Crippen LogP contribution >= 0.6 is 11.6 Å². The Labute approximate surface area is 119 Å². The molecule has 0 saturated carbocycles. The number of nitrogens with two attached hydrogens (primary N) is 1. The van der Waals surface area contributed by atoms with E-state index in [0.29, 0.717) is 11.4 Å². The molecule has 0 aliphatic rings. The normalized spacial score (nSPS) is 11.4. The van der Waals surface area contributed by atoms with E-state index in [-0.39, 0.29) is 10.9 Å². The lowest BCUT2D eigenvalue weighted by Gasteiger charge is -2.19. The molecule has 0 atom stereocenters. The van der Waals surface area contributed by atoms with Crippen molar-refractivity contribution in [3.63, 3.8) is 0 Å². The number of aromatic nitrogens is 2. The number of anilines is 2. The van der Waals surface area contributed by atoms with Crippen molar-refractivity contribution >= 4 is 28.9 Å². The number of hydrogen-bond donors (Lipinski definition) is 3. The van der Waals surface area contributed by atoms with Crippen LogP contribution in [0.15, 0.2) is 40.5 Å². The van der Waals surface area contributed by atoms with Crippen LogP contribution in [0.25, 0.3) is 0 Å². The molecule has 2 aromatic rings. The summed E-state index contributed by atoms with van der Waals surface area (Å²) in [4.78, 5) is 19.5. The van der Waals surface area contributed by atoms with Crippen molar-refractivity contribution < 1.29 is 5.21 Å². The number of H-pyrrole nitrogens is 1. The van der Waals surface area contributed by atoms with Crippen LogP contribution < -0.4 is 16.2 Å². The quantitative estimate of drug-likeness (QED) is 0.342. The van der Waals surface area contributed by atoms with E-state index in [1.54, 1.807) is 36.2 Å². The highest BCUT2D eigenvalue weighted by molar-refractivity contribution is 6.32. The molecule has 0 unspecified atom stereocenters. The van der Waals surface area contributed by atoms with Crippen molar-refractivity contribution in [2.75, 3.05) is 11.9 Å². The number of nitrogens with zero attached hydrogens (tertiary/aromatic N) is 3. The van der Waals surface area contributed by atoms with Gasteiger partial charge in [-0.2, -0.15) is 0 Å². The average molecular weight is 294 g/mol. The van der Waals surface area contributed by atoms with Crippen LogP contribution in [-0.4, -0.2) is 28.1 Å². The first kappa shape index (κ1) is 13.9. The van der Waals surface area contributed by atoms with Crippen LogP contribution in [0.2, 0.25) is 5.02 Å². The second-order valence-corrected chi connectivity index (χ2v) is 4.34. The first-order valence-corrected chi connectivity index (χ1v) is 5.97. The third-order valence-electron chi connectivity index (χ3n) is 2.75. The minimum absolute atomic E-state index is 0.00973. The van der Waals surface area contributed by atoms with Crippen molar-refractivity contribution in [3.8, 4) is 0 Å². The van der Waals surface area contributed by atoms with E-state index in [1.807, 2.05) is 0 Å². The largest absolute Gasteiger partial charge is 0.409 e. The first-order valence-electron chi connectivity index (χ1n) is 5.59. The first-order chi connectivity index (χ1) is 9.54. The summed E-state index contributed by atoms with van der Waals surface area (Å²) in [6.45, 7) is 0. The molecule has 1 heterocycles. The molecule has 20 heavy (non-hydrogen) atoms. The number of halogens is 1. The second kappa shape index (κ2) is 5.62. The molecular weight excluding hydrogens is 282 g/mol. The van der Waals surface area contributed by atoms with Gasteiger partial charge in [0.2, 0.25) is 0 Å². The lowest BCUT2D eigenvalue weighted by molar-refractivity contribution is 0.318. The lowest BCUT2D eigenvalue weighted by atomic mass is 10.2. The molecule has 1 aromatic heterocycles. The van der Waals surface area contributed by atoms with Gasteiger partial charge < -0.3 is 20.8 Å². The van der Waals surface area contributed by atoms with Crippen LogP contribution in [0.4, 0.5) is 11.5 Å². The number of nitrogens with one attached hydrogen (secondary N) is 1. The number of benzene rings is 1. The fourth-order valence-corrected chi connectivity index (χ4v) is 1.87. The van der Waals surface area contributed by atoms with E-state index >= 15 is 0 Å². The molecule has 104 valence electrons. The predicted octanol–water partition coefficient (Wildman–Crippen LogP) is 1.29. The molecule has 0 aliphatic carbocycles. The van der Waals surface area contributed by atoms with Gasteiger partial charge in [0.15, 0.2) is 11.7 Å². The van der Waals surface area contributed by atoms with Gasteiger partial charge in [0.1, 0.15) is 5.02 Å². The van der Waals surface area contributed by atoms with Crippen molar-refractivity contribution in [3.05, 3.63) is 51.5 Å². The van der Waals surface area contributed by atoms with Gasteiger partial charge in [0.25, 0.3) is 5.56 Å². The van der Waals surface area contributed by atoms with Gasteiger partial charge in [-0.25, -0.2) is 4.98 Å². The van der Waals surface area contributed by atoms with Crippen LogP contribution in [-0.2, 0) is 0 Å². The summed E-state index contributed by atoms with van der Waals surface area (Å²) in [6, 6.07) is 6.85. The standard InChI is InChI=1S/C12H12ClN5O2/c1-18(11-9(13)12(19)16-6-15-11)8-4-2-7(3-5-8)10(14)17-20/h2-6,20H,1H3,(H2,14,17)(H,15,16,19). The number of oxime groups is 1. The Hall–Kier alpha value is -2.54. The zero-order chi connectivity index (χ0) is 14.7. The van der Waals surface area contributed by atoms with Crippen molar-refractivity contribution in [2.24, 2.45) is 10.9 Å². The van der Waals surface area contributed by atoms with Gasteiger partial charge in [-0.3, -0.25) is 4.79 Å². The molecule has 1 aromatic carbocycles. The van der Waals surface area contributed by atoms with E-state index in [2.05, 4.69) is 15.1 Å². The van der Waals surface area contributed by atoms with E-state index in [1.165, 1.54) is 6.33 Å². The van der Waals surface area contributed by atoms with Gasteiger partial charge in [0, 0.05) is 18.3 Å². The summed E-state index contributed by atoms with van der Waals surface area (Å²) in [6.07, 6.45) is 1.28. The Morgan fingerprint density at radius 2 is 2.10 bits per heavy atom. The van der Waals surface area contributed by atoms with Gasteiger partial charge in [0.05, 0.1) is 6.33 Å². The van der Waals surface area contributed by atoms with Crippen LogP contribution in [0.3, 0.4) is 0 Å². The molecule has 0 saturated heterocycles. The van der Waals surface area contributed by atoms with E-state index < -0.39 is 5.56 Å². The molecule has 0 bridgehead atoms. The molecule has 0 aliphatic heterocycles. The number of hydrogen-bond acceptors (Lipinski definition) is 5. The molecule has 0 radical (unpaired) electrons. The number of amidine groups is 1. The Bertz CT molecular complexity index is 696. The number of rotatable bonds is 3. The Morgan fingerprint density at radius 3 is 2.70 bits per heavy atom. The molecule has 7 nitrogen and oxygen atoms in total. The summed E-state index contributed by atoms with van der Waals surface area (Å²) < 4.78 is 0. The predicted molar refractivity (Wildman–Crippen MR) is 76.9 cm³/mol. The summed E-state index contributed by atoms with van der Waals surface area (Å²) in [5.74, 6) is 0.360. The highest BCUT2D eigenvalue weighted by Crippen LogP contribution is 2.25. The van der Waals surface area contributed by atoms with E-state index in [4.69, 9.17) is 22.5 Å². The van der Waals surface area contributed by atoms with Crippen LogP contribution in [0.1, 0.15) is 5.56 Å². The second-order valence-electron chi connectivity index (χ2n) is 3.96. The molecule has 8 heteroatoms. The molecule has 4 N–H and O–H groups in total. The number of aromatic amines is 1. The van der Waals surface area contributed by atoms with Gasteiger partial charge in [-0.15, -0.1) is 0 Å². The SMILES string of the molecule is CN(c1ccc(/C(N)=N/O)cc1)c1nc[nH]c(=O)c1Cl. The fraction of sp³-hybridized carbons (Fsp3) is 0.0833. The van der Waals surface area contributed by atoms with Crippen molar-refractivity contribution in [2.45, 2.75) is 0 Å². The Morgan fingerprint density at radius 1 is 1.45 bits per heavy atom. The Kier molecular flexibility index (Phi) is 3.90. The van der Waals surface area contributed by atoms with Gasteiger partial charge >= 0.3 is 0 Å². The van der Waals surface area contributed by atoms with Crippen LogP contribution in [0, 0.1) is 0 Å². The van der Waals surface area contributed by atoms with E-state index in [9.17, 15) is 4.79 Å². The van der Waals surface area contributed by atoms with Crippen molar-refractivity contribution in [1.29, 1.82) is 0 Å². The minimum Gasteiger partial charge on any atom is -0.409 e. The summed E-state index contributed by atoms with van der Waals surface area (Å²) in [5.41, 5.74) is 6.41. The topological polar surface area (TPSA) is 108 Å². The minimum atomic E-state index is -0.406. The third kappa shape index (κ3) is 2.57. The molecule has 0 amide bonds. The van der Waals surface area contributed by atoms with Crippen LogP contribution in [0.5, 0.6) is 0 Å². The highest BCUT2D eigenvalue weighted by Gasteiger charge is 2.12. The van der Waals surface area contributed by atoms with Gasteiger partial charge in [-0.05, 0) is 24.3 Å².